The maximum Gasteiger partial charge on any atom is 0.244 e. The summed E-state index contributed by atoms with van der Waals surface area (Å²) in [6.07, 6.45) is 0.916. The molecule has 1 aliphatic heterocycles. The molecule has 3 aromatic rings. The lowest BCUT2D eigenvalue weighted by molar-refractivity contribution is -0.119. The Morgan fingerprint density at radius 1 is 1.07 bits per heavy atom. The molecule has 10 heteroatoms. The SMILES string of the molecule is O=C(Nc1nc(-c2ccc(F)cc2)cs1)C1CCCN1S(=O)(=O)c1ccc(F)cc1. The van der Waals surface area contributed by atoms with E-state index in [1.54, 1.807) is 17.5 Å². The van der Waals surface area contributed by atoms with Crippen molar-refractivity contribution in [3.05, 3.63) is 65.5 Å². The maximum atomic E-state index is 13.1. The van der Waals surface area contributed by atoms with Gasteiger partial charge in [-0.15, -0.1) is 11.3 Å². The highest BCUT2D eigenvalue weighted by atomic mass is 32.2. The summed E-state index contributed by atoms with van der Waals surface area (Å²) in [6.45, 7) is 0.205. The van der Waals surface area contributed by atoms with Crippen LogP contribution in [0, 0.1) is 11.6 Å². The van der Waals surface area contributed by atoms with Gasteiger partial charge < -0.3 is 5.32 Å². The molecule has 30 heavy (non-hydrogen) atoms. The second-order valence-corrected chi connectivity index (χ2v) is 9.51. The van der Waals surface area contributed by atoms with E-state index in [9.17, 15) is 22.0 Å². The van der Waals surface area contributed by atoms with E-state index in [4.69, 9.17) is 0 Å². The number of hydrogen-bond donors (Lipinski definition) is 1. The number of benzene rings is 2. The lowest BCUT2D eigenvalue weighted by Crippen LogP contribution is -2.43. The van der Waals surface area contributed by atoms with Gasteiger partial charge in [0.15, 0.2) is 5.13 Å². The van der Waals surface area contributed by atoms with Crippen LogP contribution in [0.25, 0.3) is 11.3 Å². The van der Waals surface area contributed by atoms with Crippen molar-refractivity contribution in [3.63, 3.8) is 0 Å². The Balaban J connectivity index is 1.50. The van der Waals surface area contributed by atoms with Gasteiger partial charge in [0, 0.05) is 17.5 Å². The predicted octanol–water partition coefficient (Wildman–Crippen LogP) is 3.88. The molecule has 0 aliphatic carbocycles. The van der Waals surface area contributed by atoms with E-state index in [1.807, 2.05) is 0 Å². The quantitative estimate of drug-likeness (QED) is 0.641. The summed E-state index contributed by atoms with van der Waals surface area (Å²) in [4.78, 5) is 17.1. The second kappa shape index (κ2) is 8.21. The minimum Gasteiger partial charge on any atom is -0.301 e. The topological polar surface area (TPSA) is 79.4 Å². The molecule has 1 amide bonds. The van der Waals surface area contributed by atoms with Gasteiger partial charge in [0.25, 0.3) is 0 Å². The Bertz CT molecular complexity index is 1160. The molecule has 1 saturated heterocycles. The molecule has 1 atom stereocenters. The first kappa shape index (κ1) is 20.6. The van der Waals surface area contributed by atoms with Gasteiger partial charge in [-0.3, -0.25) is 4.79 Å². The van der Waals surface area contributed by atoms with Crippen LogP contribution in [0.2, 0.25) is 0 Å². The summed E-state index contributed by atoms with van der Waals surface area (Å²) < 4.78 is 53.2. The van der Waals surface area contributed by atoms with Crippen LogP contribution in [-0.2, 0) is 14.8 Å². The monoisotopic (exact) mass is 449 g/mol. The zero-order chi connectivity index (χ0) is 21.3. The summed E-state index contributed by atoms with van der Waals surface area (Å²) in [7, 11) is -3.93. The van der Waals surface area contributed by atoms with Crippen LogP contribution in [0.1, 0.15) is 12.8 Å². The minimum absolute atomic E-state index is 0.0588. The van der Waals surface area contributed by atoms with Crippen molar-refractivity contribution in [2.75, 3.05) is 11.9 Å². The molecule has 1 aliphatic rings. The number of rotatable bonds is 5. The van der Waals surface area contributed by atoms with E-state index in [0.29, 0.717) is 29.2 Å². The standard InChI is InChI=1S/C20H17F2N3O3S2/c21-14-5-3-13(4-6-14)17-12-29-20(23-17)24-19(26)18-2-1-11-25(18)30(27,28)16-9-7-15(22)8-10-16/h3-10,12,18H,1-2,11H2,(H,23,24,26). The third kappa shape index (κ3) is 4.11. The minimum atomic E-state index is -3.93. The summed E-state index contributed by atoms with van der Waals surface area (Å²) in [5.74, 6) is -1.37. The number of sulfonamides is 1. The Hall–Kier alpha value is -2.69. The third-order valence-electron chi connectivity index (χ3n) is 4.80. The lowest BCUT2D eigenvalue weighted by Gasteiger charge is -2.23. The molecule has 4 rings (SSSR count). The van der Waals surface area contributed by atoms with Crippen molar-refractivity contribution >= 4 is 32.4 Å². The zero-order valence-electron chi connectivity index (χ0n) is 15.6. The van der Waals surface area contributed by atoms with Crippen LogP contribution >= 0.6 is 11.3 Å². The van der Waals surface area contributed by atoms with Crippen molar-refractivity contribution in [1.29, 1.82) is 0 Å². The van der Waals surface area contributed by atoms with Crippen LogP contribution in [0.5, 0.6) is 0 Å². The van der Waals surface area contributed by atoms with E-state index in [2.05, 4.69) is 10.3 Å². The summed E-state index contributed by atoms with van der Waals surface area (Å²) in [6, 6.07) is 9.47. The Morgan fingerprint density at radius 2 is 1.70 bits per heavy atom. The van der Waals surface area contributed by atoms with E-state index in [0.717, 1.165) is 16.4 Å². The van der Waals surface area contributed by atoms with Gasteiger partial charge in [-0.05, 0) is 61.4 Å². The molecule has 0 saturated carbocycles. The van der Waals surface area contributed by atoms with Crippen molar-refractivity contribution in [1.82, 2.24) is 9.29 Å². The molecule has 156 valence electrons. The first-order valence-corrected chi connectivity index (χ1v) is 11.5. The van der Waals surface area contributed by atoms with Crippen molar-refractivity contribution in [2.45, 2.75) is 23.8 Å². The summed E-state index contributed by atoms with van der Waals surface area (Å²) >= 11 is 1.20. The number of carbonyl (C=O) groups is 1. The molecule has 0 radical (unpaired) electrons. The van der Waals surface area contributed by atoms with Gasteiger partial charge in [0.2, 0.25) is 15.9 Å². The van der Waals surface area contributed by atoms with Gasteiger partial charge in [-0.25, -0.2) is 22.2 Å². The van der Waals surface area contributed by atoms with Crippen molar-refractivity contribution in [3.8, 4) is 11.3 Å². The molecule has 1 fully saturated rings. The van der Waals surface area contributed by atoms with Gasteiger partial charge in [-0.2, -0.15) is 4.31 Å². The van der Waals surface area contributed by atoms with Gasteiger partial charge in [0.1, 0.15) is 17.7 Å². The number of halogens is 2. The number of hydrogen-bond acceptors (Lipinski definition) is 5. The lowest BCUT2D eigenvalue weighted by atomic mass is 10.2. The molecule has 0 spiro atoms. The highest BCUT2D eigenvalue weighted by Crippen LogP contribution is 2.29. The number of nitrogens with one attached hydrogen (secondary N) is 1. The molecule has 1 unspecified atom stereocenters. The number of aromatic nitrogens is 1. The van der Waals surface area contributed by atoms with Crippen LogP contribution in [0.3, 0.4) is 0 Å². The maximum absolute atomic E-state index is 13.1. The highest BCUT2D eigenvalue weighted by molar-refractivity contribution is 7.89. The van der Waals surface area contributed by atoms with Crippen molar-refractivity contribution in [2.24, 2.45) is 0 Å². The Labute approximate surface area is 176 Å². The third-order valence-corrected chi connectivity index (χ3v) is 7.48. The number of anilines is 1. The molecule has 6 nitrogen and oxygen atoms in total. The molecule has 2 aromatic carbocycles. The Kier molecular flexibility index (Phi) is 5.63. The van der Waals surface area contributed by atoms with Crippen LogP contribution < -0.4 is 5.32 Å². The normalized spacial score (nSPS) is 17.2. The first-order valence-electron chi connectivity index (χ1n) is 9.14. The fourth-order valence-electron chi connectivity index (χ4n) is 3.30. The summed E-state index contributed by atoms with van der Waals surface area (Å²) in [5, 5.41) is 4.73. The van der Waals surface area contributed by atoms with Gasteiger partial charge in [-0.1, -0.05) is 0 Å². The smallest absolute Gasteiger partial charge is 0.244 e. The van der Waals surface area contributed by atoms with Crippen molar-refractivity contribution < 1.29 is 22.0 Å². The fraction of sp³-hybridized carbons (Fsp3) is 0.200. The number of thiazole rings is 1. The molecule has 0 bridgehead atoms. The molecule has 1 aromatic heterocycles. The van der Waals surface area contributed by atoms with E-state index in [1.165, 1.54) is 35.6 Å². The van der Waals surface area contributed by atoms with Gasteiger partial charge >= 0.3 is 0 Å². The molecule has 2 heterocycles. The number of carbonyl (C=O) groups excluding carboxylic acids is 1. The second-order valence-electron chi connectivity index (χ2n) is 6.76. The number of nitrogens with zero attached hydrogens (tertiary/aromatic N) is 2. The zero-order valence-corrected chi connectivity index (χ0v) is 17.2. The van der Waals surface area contributed by atoms with E-state index >= 15 is 0 Å². The van der Waals surface area contributed by atoms with Crippen LogP contribution in [-0.4, -0.2) is 36.2 Å². The largest absolute Gasteiger partial charge is 0.301 e. The molecular weight excluding hydrogens is 432 g/mol. The van der Waals surface area contributed by atoms with E-state index in [-0.39, 0.29) is 17.3 Å². The fourth-order valence-corrected chi connectivity index (χ4v) is 5.68. The Morgan fingerprint density at radius 3 is 2.37 bits per heavy atom. The average molecular weight is 450 g/mol. The van der Waals surface area contributed by atoms with Crippen LogP contribution in [0.15, 0.2) is 58.8 Å². The molecule has 1 N–H and O–H groups in total. The molecular formula is C20H17F2N3O3S2. The highest BCUT2D eigenvalue weighted by Gasteiger charge is 2.39. The van der Waals surface area contributed by atoms with Gasteiger partial charge in [0.05, 0.1) is 10.6 Å². The predicted molar refractivity (Wildman–Crippen MR) is 109 cm³/mol. The number of amides is 1. The first-order chi connectivity index (χ1) is 14.3. The van der Waals surface area contributed by atoms with E-state index < -0.39 is 27.8 Å². The van der Waals surface area contributed by atoms with Crippen LogP contribution in [0.4, 0.5) is 13.9 Å². The average Bonchev–Trinajstić information content (AvgIpc) is 3.39. The summed E-state index contributed by atoms with van der Waals surface area (Å²) in [5.41, 5.74) is 1.28.